The zero-order valence-electron chi connectivity index (χ0n) is 12.3. The molecule has 0 aliphatic heterocycles. The normalized spacial score (nSPS) is 31.4. The third kappa shape index (κ3) is 2.74. The van der Waals surface area contributed by atoms with Crippen molar-refractivity contribution >= 4 is 0 Å². The highest BCUT2D eigenvalue weighted by Gasteiger charge is 2.31. The van der Waals surface area contributed by atoms with Crippen LogP contribution >= 0.6 is 0 Å². The minimum Gasteiger partial charge on any atom is -0.469 e. The zero-order chi connectivity index (χ0) is 13.2. The first-order valence-electron chi connectivity index (χ1n) is 8.08. The van der Waals surface area contributed by atoms with Crippen molar-refractivity contribution in [2.24, 2.45) is 11.8 Å². The summed E-state index contributed by atoms with van der Waals surface area (Å²) in [6.45, 7) is 4.77. The van der Waals surface area contributed by atoms with Gasteiger partial charge < -0.3 is 9.73 Å². The number of rotatable bonds is 3. The highest BCUT2D eigenvalue weighted by Crippen LogP contribution is 2.35. The Balaban J connectivity index is 1.71. The first kappa shape index (κ1) is 13.2. The van der Waals surface area contributed by atoms with E-state index in [0.29, 0.717) is 12.1 Å². The van der Waals surface area contributed by atoms with Crippen LogP contribution in [0.15, 0.2) is 16.7 Å². The first-order chi connectivity index (χ1) is 9.25. The van der Waals surface area contributed by atoms with Crippen LogP contribution in [0, 0.1) is 11.8 Å². The van der Waals surface area contributed by atoms with Crippen LogP contribution in [0.2, 0.25) is 0 Å². The lowest BCUT2D eigenvalue weighted by Crippen LogP contribution is -2.43. The molecular weight excluding hydrogens is 234 g/mol. The van der Waals surface area contributed by atoms with Crippen LogP contribution in [0.25, 0.3) is 0 Å². The molecule has 2 aliphatic rings. The van der Waals surface area contributed by atoms with Gasteiger partial charge in [0.1, 0.15) is 5.76 Å². The van der Waals surface area contributed by atoms with Crippen LogP contribution in [0.5, 0.6) is 0 Å². The predicted octanol–water partition coefficient (Wildman–Crippen LogP) is 4.46. The summed E-state index contributed by atoms with van der Waals surface area (Å²) >= 11 is 0. The van der Waals surface area contributed by atoms with Gasteiger partial charge in [0.15, 0.2) is 0 Å². The SMILES string of the molecule is CC(C)C1CCCCC1NC1CCCc2occc21. The topological polar surface area (TPSA) is 25.2 Å². The molecule has 0 aromatic carbocycles. The molecule has 106 valence electrons. The highest BCUT2D eigenvalue weighted by atomic mass is 16.3. The second kappa shape index (κ2) is 5.70. The number of furan rings is 1. The number of fused-ring (bicyclic) bond motifs is 1. The van der Waals surface area contributed by atoms with Crippen LogP contribution < -0.4 is 5.32 Å². The average Bonchev–Trinajstić information content (AvgIpc) is 2.88. The lowest BCUT2D eigenvalue weighted by atomic mass is 9.77. The van der Waals surface area contributed by atoms with Gasteiger partial charge in [0.05, 0.1) is 6.26 Å². The Morgan fingerprint density at radius 3 is 2.84 bits per heavy atom. The summed E-state index contributed by atoms with van der Waals surface area (Å²) in [7, 11) is 0. The Hall–Kier alpha value is -0.760. The van der Waals surface area contributed by atoms with Crippen molar-refractivity contribution in [3.05, 3.63) is 23.7 Å². The van der Waals surface area contributed by atoms with Crippen molar-refractivity contribution in [3.63, 3.8) is 0 Å². The van der Waals surface area contributed by atoms with Crippen molar-refractivity contribution in [1.29, 1.82) is 0 Å². The first-order valence-corrected chi connectivity index (χ1v) is 8.08. The Labute approximate surface area is 117 Å². The largest absolute Gasteiger partial charge is 0.469 e. The standard InChI is InChI=1S/C17H27NO/c1-12(2)13-6-3-4-7-15(13)18-16-8-5-9-17-14(16)10-11-19-17/h10-13,15-16,18H,3-9H2,1-2H3. The monoisotopic (exact) mass is 261 g/mol. The van der Waals surface area contributed by atoms with Gasteiger partial charge in [0.2, 0.25) is 0 Å². The molecule has 1 aromatic heterocycles. The molecule has 1 saturated carbocycles. The van der Waals surface area contributed by atoms with Crippen LogP contribution in [0.3, 0.4) is 0 Å². The molecule has 2 heteroatoms. The van der Waals surface area contributed by atoms with Crippen molar-refractivity contribution in [2.75, 3.05) is 0 Å². The Kier molecular flexibility index (Phi) is 3.97. The number of hydrogen-bond donors (Lipinski definition) is 1. The van der Waals surface area contributed by atoms with Gasteiger partial charge in [0.25, 0.3) is 0 Å². The molecular formula is C17H27NO. The van der Waals surface area contributed by atoms with E-state index in [9.17, 15) is 0 Å². The summed E-state index contributed by atoms with van der Waals surface area (Å²) in [4.78, 5) is 0. The van der Waals surface area contributed by atoms with Gasteiger partial charge in [-0.25, -0.2) is 0 Å². The lowest BCUT2D eigenvalue weighted by molar-refractivity contribution is 0.186. The minimum absolute atomic E-state index is 0.534. The zero-order valence-corrected chi connectivity index (χ0v) is 12.3. The van der Waals surface area contributed by atoms with E-state index in [1.165, 1.54) is 49.8 Å². The van der Waals surface area contributed by atoms with E-state index in [4.69, 9.17) is 4.42 Å². The molecule has 3 atom stereocenters. The van der Waals surface area contributed by atoms with Gasteiger partial charge in [-0.1, -0.05) is 26.7 Å². The highest BCUT2D eigenvalue weighted by molar-refractivity contribution is 5.24. The fourth-order valence-corrected chi connectivity index (χ4v) is 4.08. The number of aryl methyl sites for hydroxylation is 1. The quantitative estimate of drug-likeness (QED) is 0.869. The Bertz CT molecular complexity index is 409. The van der Waals surface area contributed by atoms with Gasteiger partial charge >= 0.3 is 0 Å². The molecule has 0 bridgehead atoms. The summed E-state index contributed by atoms with van der Waals surface area (Å²) in [6, 6.07) is 3.42. The molecule has 1 aromatic rings. The summed E-state index contributed by atoms with van der Waals surface area (Å²) in [5.41, 5.74) is 1.43. The van der Waals surface area contributed by atoms with Crippen molar-refractivity contribution in [3.8, 4) is 0 Å². The van der Waals surface area contributed by atoms with Crippen molar-refractivity contribution < 1.29 is 4.42 Å². The Morgan fingerprint density at radius 2 is 2.00 bits per heavy atom. The van der Waals surface area contributed by atoms with E-state index in [0.717, 1.165) is 18.3 Å². The summed E-state index contributed by atoms with van der Waals surface area (Å²) in [5.74, 6) is 2.87. The number of hydrogen-bond acceptors (Lipinski definition) is 2. The van der Waals surface area contributed by atoms with Crippen LogP contribution in [-0.4, -0.2) is 6.04 Å². The molecule has 3 unspecified atom stereocenters. The van der Waals surface area contributed by atoms with Crippen molar-refractivity contribution in [1.82, 2.24) is 5.32 Å². The molecule has 1 heterocycles. The van der Waals surface area contributed by atoms with Gasteiger partial charge in [-0.05, 0) is 43.6 Å². The van der Waals surface area contributed by atoms with Gasteiger partial charge in [-0.15, -0.1) is 0 Å². The minimum atomic E-state index is 0.534. The summed E-state index contributed by atoms with van der Waals surface area (Å²) in [5, 5.41) is 3.97. The molecule has 0 radical (unpaired) electrons. The third-order valence-corrected chi connectivity index (χ3v) is 5.14. The maximum absolute atomic E-state index is 5.61. The molecule has 2 aliphatic carbocycles. The van der Waals surface area contributed by atoms with Gasteiger partial charge in [0, 0.05) is 24.1 Å². The lowest BCUT2D eigenvalue weighted by Gasteiger charge is -2.38. The fraction of sp³-hybridized carbons (Fsp3) is 0.765. The van der Waals surface area contributed by atoms with E-state index in [1.54, 1.807) is 0 Å². The van der Waals surface area contributed by atoms with Crippen LogP contribution in [0.4, 0.5) is 0 Å². The van der Waals surface area contributed by atoms with Gasteiger partial charge in [-0.2, -0.15) is 0 Å². The second-order valence-corrected chi connectivity index (χ2v) is 6.71. The van der Waals surface area contributed by atoms with E-state index in [1.807, 2.05) is 6.26 Å². The molecule has 1 N–H and O–H groups in total. The predicted molar refractivity (Wildman–Crippen MR) is 78.1 cm³/mol. The smallest absolute Gasteiger partial charge is 0.108 e. The van der Waals surface area contributed by atoms with Gasteiger partial charge in [-0.3, -0.25) is 0 Å². The second-order valence-electron chi connectivity index (χ2n) is 6.71. The fourth-order valence-electron chi connectivity index (χ4n) is 4.08. The maximum atomic E-state index is 5.61. The van der Waals surface area contributed by atoms with E-state index in [2.05, 4.69) is 25.2 Å². The summed E-state index contributed by atoms with van der Waals surface area (Å²) in [6.07, 6.45) is 11.1. The van der Waals surface area contributed by atoms with Crippen LogP contribution in [-0.2, 0) is 6.42 Å². The molecule has 0 amide bonds. The van der Waals surface area contributed by atoms with Crippen molar-refractivity contribution in [2.45, 2.75) is 70.9 Å². The van der Waals surface area contributed by atoms with E-state index >= 15 is 0 Å². The average molecular weight is 261 g/mol. The van der Waals surface area contributed by atoms with E-state index < -0.39 is 0 Å². The number of nitrogens with one attached hydrogen (secondary N) is 1. The Morgan fingerprint density at radius 1 is 1.16 bits per heavy atom. The molecule has 0 spiro atoms. The molecule has 19 heavy (non-hydrogen) atoms. The molecule has 1 fully saturated rings. The summed E-state index contributed by atoms with van der Waals surface area (Å²) < 4.78 is 5.61. The maximum Gasteiger partial charge on any atom is 0.108 e. The molecule has 2 nitrogen and oxygen atoms in total. The molecule has 0 saturated heterocycles. The molecule has 3 rings (SSSR count). The van der Waals surface area contributed by atoms with Crippen LogP contribution in [0.1, 0.15) is 69.7 Å². The third-order valence-electron chi connectivity index (χ3n) is 5.14. The van der Waals surface area contributed by atoms with E-state index in [-0.39, 0.29) is 0 Å².